The van der Waals surface area contributed by atoms with E-state index < -0.39 is 5.91 Å². The van der Waals surface area contributed by atoms with Crippen LogP contribution in [0.15, 0.2) is 60.9 Å². The number of aliphatic hydroxyl groups excluding tert-OH is 1. The van der Waals surface area contributed by atoms with Gasteiger partial charge in [0.15, 0.2) is 0 Å². The first-order chi connectivity index (χ1) is 16.0. The molecule has 0 unspecified atom stereocenters. The molecule has 1 aliphatic carbocycles. The maximum absolute atomic E-state index is 13.0. The van der Waals surface area contributed by atoms with Crippen molar-refractivity contribution >= 4 is 22.5 Å². The molecule has 0 bridgehead atoms. The highest BCUT2D eigenvalue weighted by atomic mass is 16.5. The highest BCUT2D eigenvalue weighted by molar-refractivity contribution is 6.06. The Balaban J connectivity index is 1.55. The van der Waals surface area contributed by atoms with Crippen molar-refractivity contribution in [2.24, 2.45) is 0 Å². The third kappa shape index (κ3) is 4.17. The lowest BCUT2D eigenvalue weighted by Gasteiger charge is -2.25. The first-order valence-electron chi connectivity index (χ1n) is 11.1. The van der Waals surface area contributed by atoms with E-state index in [1.165, 1.54) is 0 Å². The number of aliphatic hydroxyl groups is 1. The van der Waals surface area contributed by atoms with Gasteiger partial charge in [0.2, 0.25) is 5.69 Å². The number of carbonyl (C=O) groups is 1. The monoisotopic (exact) mass is 444 g/mol. The first-order valence-corrected chi connectivity index (χ1v) is 11.1. The molecule has 0 aliphatic heterocycles. The summed E-state index contributed by atoms with van der Waals surface area (Å²) in [6.07, 6.45) is 6.80. The molecule has 1 amide bonds. The van der Waals surface area contributed by atoms with E-state index in [4.69, 9.17) is 5.10 Å². The van der Waals surface area contributed by atoms with Gasteiger partial charge in [0.1, 0.15) is 0 Å². The fourth-order valence-electron chi connectivity index (χ4n) is 4.41. The Bertz CT molecular complexity index is 1310. The van der Waals surface area contributed by atoms with Crippen LogP contribution in [0, 0.1) is 6.92 Å². The lowest BCUT2D eigenvalue weighted by atomic mass is 9.93. The van der Waals surface area contributed by atoms with Crippen molar-refractivity contribution in [3.05, 3.63) is 72.3 Å². The average Bonchev–Trinajstić information content (AvgIpc) is 3.24. The van der Waals surface area contributed by atoms with Gasteiger partial charge in [0.25, 0.3) is 0 Å². The standard InChI is InChI=1S/C25H25N5O3/c1-16-5-4-7-24(30(16)33)25(32)27-23-13-17-15-29(18-8-10-19(31)11-9-18)28-22(17)14-20(23)21-6-2-3-12-26-21/h2-7,12-15,18-19,31H,8-11H2,1H3,(H-,27,32,33)/p+1. The number of carbonyl (C=O) groups excluding carboxylic acids is 1. The van der Waals surface area contributed by atoms with Gasteiger partial charge < -0.3 is 10.4 Å². The van der Waals surface area contributed by atoms with Gasteiger partial charge >= 0.3 is 11.6 Å². The summed E-state index contributed by atoms with van der Waals surface area (Å²) in [5.74, 6) is -0.425. The van der Waals surface area contributed by atoms with E-state index in [0.717, 1.165) is 46.9 Å². The Kier molecular flexibility index (Phi) is 5.51. The molecule has 0 atom stereocenters. The van der Waals surface area contributed by atoms with E-state index in [9.17, 15) is 15.1 Å². The zero-order valence-electron chi connectivity index (χ0n) is 18.3. The van der Waals surface area contributed by atoms with Crippen LogP contribution in [0.4, 0.5) is 5.69 Å². The number of anilines is 1. The van der Waals surface area contributed by atoms with Gasteiger partial charge in [0, 0.05) is 47.1 Å². The molecule has 0 spiro atoms. The molecule has 168 valence electrons. The maximum Gasteiger partial charge on any atom is 0.325 e. The average molecular weight is 445 g/mol. The van der Waals surface area contributed by atoms with Crippen LogP contribution in [-0.2, 0) is 0 Å². The van der Waals surface area contributed by atoms with Crippen molar-refractivity contribution < 1.29 is 19.8 Å². The summed E-state index contributed by atoms with van der Waals surface area (Å²) >= 11 is 0. The summed E-state index contributed by atoms with van der Waals surface area (Å²) in [6, 6.07) is 14.7. The molecule has 3 aromatic heterocycles. The second-order valence-corrected chi connectivity index (χ2v) is 8.56. The van der Waals surface area contributed by atoms with Crippen molar-refractivity contribution in [1.29, 1.82) is 0 Å². The lowest BCUT2D eigenvalue weighted by molar-refractivity contribution is -0.909. The molecule has 8 heteroatoms. The van der Waals surface area contributed by atoms with Crippen LogP contribution < -0.4 is 10.0 Å². The van der Waals surface area contributed by atoms with E-state index in [1.807, 2.05) is 41.2 Å². The number of rotatable bonds is 4. The summed E-state index contributed by atoms with van der Waals surface area (Å²) in [7, 11) is 0. The van der Waals surface area contributed by atoms with Crippen molar-refractivity contribution in [2.75, 3.05) is 5.32 Å². The van der Waals surface area contributed by atoms with Crippen LogP contribution in [0.25, 0.3) is 22.2 Å². The Morgan fingerprint density at radius 1 is 1.12 bits per heavy atom. The van der Waals surface area contributed by atoms with Crippen molar-refractivity contribution in [2.45, 2.75) is 44.8 Å². The Hall–Kier alpha value is -3.78. The number of pyridine rings is 2. The number of fused-ring (bicyclic) bond motifs is 1. The molecule has 4 aromatic rings. The summed E-state index contributed by atoms with van der Waals surface area (Å²) in [6.45, 7) is 1.72. The summed E-state index contributed by atoms with van der Waals surface area (Å²) in [4.78, 5) is 17.5. The maximum atomic E-state index is 13.0. The Morgan fingerprint density at radius 3 is 2.70 bits per heavy atom. The number of aromatic nitrogens is 4. The topological polar surface area (TPSA) is 104 Å². The van der Waals surface area contributed by atoms with Gasteiger partial charge in [-0.15, -0.1) is 0 Å². The van der Waals surface area contributed by atoms with Gasteiger partial charge in [0.05, 0.1) is 29.0 Å². The largest absolute Gasteiger partial charge is 0.393 e. The first kappa shape index (κ1) is 21.1. The third-order valence-corrected chi connectivity index (χ3v) is 6.28. The Morgan fingerprint density at radius 2 is 1.94 bits per heavy atom. The molecule has 1 aromatic carbocycles. The van der Waals surface area contributed by atoms with Crippen molar-refractivity contribution in [3.8, 4) is 11.3 Å². The number of aryl methyl sites for hydroxylation is 1. The van der Waals surface area contributed by atoms with Gasteiger partial charge in [-0.05, 0) is 56.0 Å². The molecule has 1 fully saturated rings. The SMILES string of the molecule is Cc1cccc(C(=O)Nc2cc3cn(C4CCC(O)CC4)nc3cc2-c2ccccn2)[n+]1O. The number of hydrogen-bond acceptors (Lipinski definition) is 5. The fraction of sp³-hybridized carbons (Fsp3) is 0.280. The highest BCUT2D eigenvalue weighted by Gasteiger charge is 2.25. The normalized spacial score (nSPS) is 18.4. The molecule has 3 N–H and O–H groups in total. The van der Waals surface area contributed by atoms with Crippen LogP contribution in [0.2, 0.25) is 0 Å². The summed E-state index contributed by atoms with van der Waals surface area (Å²) in [5.41, 5.74) is 3.56. The molecule has 0 saturated heterocycles. The highest BCUT2D eigenvalue weighted by Crippen LogP contribution is 2.34. The zero-order valence-corrected chi connectivity index (χ0v) is 18.3. The summed E-state index contributed by atoms with van der Waals surface area (Å²) < 4.78 is 2.86. The molecule has 3 heterocycles. The van der Waals surface area contributed by atoms with Gasteiger partial charge in [-0.1, -0.05) is 6.07 Å². The molecule has 1 aliphatic rings. The quantitative estimate of drug-likeness (QED) is 0.329. The number of nitrogens with zero attached hydrogens (tertiary/aromatic N) is 4. The molecular weight excluding hydrogens is 418 g/mol. The smallest absolute Gasteiger partial charge is 0.325 e. The third-order valence-electron chi connectivity index (χ3n) is 6.28. The minimum Gasteiger partial charge on any atom is -0.393 e. The van der Waals surface area contributed by atoms with Crippen molar-refractivity contribution in [3.63, 3.8) is 0 Å². The van der Waals surface area contributed by atoms with Crippen molar-refractivity contribution in [1.82, 2.24) is 14.8 Å². The van der Waals surface area contributed by atoms with Gasteiger partial charge in [-0.25, -0.2) is 0 Å². The van der Waals surface area contributed by atoms with Gasteiger partial charge in [-0.3, -0.25) is 19.7 Å². The van der Waals surface area contributed by atoms with Crippen LogP contribution >= 0.6 is 0 Å². The molecule has 1 saturated carbocycles. The molecule has 5 rings (SSSR count). The predicted molar refractivity (Wildman–Crippen MR) is 123 cm³/mol. The number of hydrogen-bond donors (Lipinski definition) is 3. The molecule has 33 heavy (non-hydrogen) atoms. The number of benzene rings is 1. The van der Waals surface area contributed by atoms with E-state index in [1.54, 1.807) is 31.3 Å². The molecular formula is C25H26N5O3+. The minimum absolute atomic E-state index is 0.138. The lowest BCUT2D eigenvalue weighted by Crippen LogP contribution is -2.42. The van der Waals surface area contributed by atoms with Crippen LogP contribution in [-0.4, -0.2) is 37.1 Å². The summed E-state index contributed by atoms with van der Waals surface area (Å²) in [5, 5.41) is 28.8. The fourth-order valence-corrected chi connectivity index (χ4v) is 4.41. The molecule has 0 radical (unpaired) electrons. The second kappa shape index (κ2) is 8.63. The van der Waals surface area contributed by atoms with Crippen LogP contribution in [0.5, 0.6) is 0 Å². The zero-order chi connectivity index (χ0) is 22.9. The van der Waals surface area contributed by atoms with E-state index in [2.05, 4.69) is 10.3 Å². The number of amides is 1. The van der Waals surface area contributed by atoms with E-state index in [-0.39, 0.29) is 17.8 Å². The minimum atomic E-state index is -0.425. The van der Waals surface area contributed by atoms with Crippen LogP contribution in [0.3, 0.4) is 0 Å². The second-order valence-electron chi connectivity index (χ2n) is 8.56. The van der Waals surface area contributed by atoms with E-state index in [0.29, 0.717) is 17.1 Å². The Labute approximate surface area is 191 Å². The number of nitrogens with one attached hydrogen (secondary N) is 1. The predicted octanol–water partition coefficient (Wildman–Crippen LogP) is 3.66. The van der Waals surface area contributed by atoms with Crippen LogP contribution in [0.1, 0.15) is 47.9 Å². The van der Waals surface area contributed by atoms with E-state index >= 15 is 0 Å². The molecule has 8 nitrogen and oxygen atoms in total. The van der Waals surface area contributed by atoms with Gasteiger partial charge in [-0.2, -0.15) is 5.10 Å².